The number of pyridine rings is 2. The lowest BCUT2D eigenvalue weighted by Crippen LogP contribution is -2.47. The van der Waals surface area contributed by atoms with Crippen LogP contribution in [0, 0.1) is 0 Å². The first-order valence-electron chi connectivity index (χ1n) is 11.2. The molecule has 4 amide bonds. The van der Waals surface area contributed by atoms with Gasteiger partial charge in [-0.25, -0.2) is 9.59 Å². The lowest BCUT2D eigenvalue weighted by atomic mass is 9.87. The molecule has 2 aromatic heterocycles. The smallest absolute Gasteiger partial charge is 0.315 e. The molecule has 0 saturated carbocycles. The number of hydrogen-bond donors (Lipinski definition) is 4. The number of hydrogen-bond acceptors (Lipinski definition) is 4. The fraction of sp³-hybridized carbons (Fsp3) is 0.308. The molecule has 0 radical (unpaired) electrons. The van der Waals surface area contributed by atoms with Crippen molar-refractivity contribution >= 4 is 12.1 Å². The highest BCUT2D eigenvalue weighted by molar-refractivity contribution is 5.75. The molecule has 8 heteroatoms. The number of amides is 4. The van der Waals surface area contributed by atoms with Gasteiger partial charge < -0.3 is 21.3 Å². The third-order valence-electron chi connectivity index (χ3n) is 5.47. The molecule has 0 aliphatic carbocycles. The van der Waals surface area contributed by atoms with Crippen LogP contribution >= 0.6 is 0 Å². The average molecular weight is 461 g/mol. The molecular weight excluding hydrogens is 428 g/mol. The molecule has 0 aliphatic heterocycles. The van der Waals surface area contributed by atoms with Crippen molar-refractivity contribution in [1.82, 2.24) is 31.2 Å². The molecule has 2 heterocycles. The van der Waals surface area contributed by atoms with Gasteiger partial charge in [-0.1, -0.05) is 36.4 Å². The number of rotatable bonds is 8. The quantitative estimate of drug-likeness (QED) is 0.408. The summed E-state index contributed by atoms with van der Waals surface area (Å²) in [5.74, 6) is 0. The van der Waals surface area contributed by atoms with Crippen LogP contribution in [0.2, 0.25) is 0 Å². The molecule has 0 bridgehead atoms. The molecule has 0 aliphatic rings. The summed E-state index contributed by atoms with van der Waals surface area (Å²) in [6.07, 6.45) is 3.39. The van der Waals surface area contributed by atoms with Crippen molar-refractivity contribution in [2.45, 2.75) is 51.9 Å². The Kier molecular flexibility index (Phi) is 7.83. The van der Waals surface area contributed by atoms with Crippen LogP contribution in [0.15, 0.2) is 73.1 Å². The van der Waals surface area contributed by atoms with Crippen LogP contribution in [-0.4, -0.2) is 22.0 Å². The molecule has 1 aromatic carbocycles. The average Bonchev–Trinajstić information content (AvgIpc) is 2.82. The standard InChI is InChI=1S/C26H32N6O2/c1-25(2,31-23(33)29-17-21-12-5-7-14-27-21)19-10-9-11-20(16-19)26(3,4)32-24(34)30-18-22-13-6-8-15-28-22/h5-16H,17-18H2,1-4H3,(H2,29,31,33)(H2,30,32,34). The Balaban J connectivity index is 1.61. The molecule has 3 rings (SSSR count). The largest absolute Gasteiger partial charge is 0.332 e. The van der Waals surface area contributed by atoms with E-state index in [0.29, 0.717) is 13.1 Å². The second-order valence-electron chi connectivity index (χ2n) is 9.09. The summed E-state index contributed by atoms with van der Waals surface area (Å²) in [6, 6.07) is 18.4. The predicted molar refractivity (Wildman–Crippen MR) is 132 cm³/mol. The number of nitrogens with one attached hydrogen (secondary N) is 4. The van der Waals surface area contributed by atoms with E-state index in [0.717, 1.165) is 22.5 Å². The van der Waals surface area contributed by atoms with Crippen LogP contribution in [-0.2, 0) is 24.2 Å². The van der Waals surface area contributed by atoms with Gasteiger partial charge in [0.25, 0.3) is 0 Å². The summed E-state index contributed by atoms with van der Waals surface area (Å²) in [7, 11) is 0. The van der Waals surface area contributed by atoms with Crippen LogP contribution in [0.4, 0.5) is 9.59 Å². The van der Waals surface area contributed by atoms with Gasteiger partial charge >= 0.3 is 12.1 Å². The van der Waals surface area contributed by atoms with Gasteiger partial charge in [0.1, 0.15) is 0 Å². The predicted octanol–water partition coefficient (Wildman–Crippen LogP) is 3.95. The fourth-order valence-electron chi connectivity index (χ4n) is 3.44. The molecule has 0 atom stereocenters. The number of nitrogens with zero attached hydrogens (tertiary/aromatic N) is 2. The summed E-state index contributed by atoms with van der Waals surface area (Å²) in [4.78, 5) is 33.4. The molecule has 8 nitrogen and oxygen atoms in total. The lowest BCUT2D eigenvalue weighted by Gasteiger charge is -2.31. The highest BCUT2D eigenvalue weighted by Crippen LogP contribution is 2.26. The molecule has 4 N–H and O–H groups in total. The highest BCUT2D eigenvalue weighted by Gasteiger charge is 2.27. The van der Waals surface area contributed by atoms with E-state index in [1.807, 2.05) is 88.4 Å². The Hall–Kier alpha value is -3.94. The molecule has 3 aromatic rings. The fourth-order valence-corrected chi connectivity index (χ4v) is 3.44. The van der Waals surface area contributed by atoms with Crippen molar-refractivity contribution in [3.05, 3.63) is 95.6 Å². The van der Waals surface area contributed by atoms with Crippen molar-refractivity contribution in [3.63, 3.8) is 0 Å². The number of benzene rings is 1. The third-order valence-corrected chi connectivity index (χ3v) is 5.47. The number of aromatic nitrogens is 2. The van der Waals surface area contributed by atoms with Gasteiger partial charge in [0.05, 0.1) is 35.6 Å². The lowest BCUT2D eigenvalue weighted by molar-refractivity contribution is 0.229. The van der Waals surface area contributed by atoms with E-state index in [1.165, 1.54) is 0 Å². The van der Waals surface area contributed by atoms with Gasteiger partial charge in [-0.3, -0.25) is 9.97 Å². The second kappa shape index (κ2) is 10.8. The highest BCUT2D eigenvalue weighted by atomic mass is 16.2. The van der Waals surface area contributed by atoms with Crippen LogP contribution in [0.1, 0.15) is 50.2 Å². The molecule has 178 valence electrons. The van der Waals surface area contributed by atoms with Crippen molar-refractivity contribution < 1.29 is 9.59 Å². The second-order valence-corrected chi connectivity index (χ2v) is 9.09. The van der Waals surface area contributed by atoms with E-state index in [4.69, 9.17) is 0 Å². The van der Waals surface area contributed by atoms with Gasteiger partial charge in [0, 0.05) is 12.4 Å². The topological polar surface area (TPSA) is 108 Å². The first kappa shape index (κ1) is 24.7. The first-order chi connectivity index (χ1) is 16.2. The minimum Gasteiger partial charge on any atom is -0.332 e. The molecule has 0 fully saturated rings. The Morgan fingerprint density at radius 3 is 1.50 bits per heavy atom. The van der Waals surface area contributed by atoms with Crippen LogP contribution < -0.4 is 21.3 Å². The molecule has 0 spiro atoms. The third kappa shape index (κ3) is 7.03. The van der Waals surface area contributed by atoms with Gasteiger partial charge in [-0.2, -0.15) is 0 Å². The van der Waals surface area contributed by atoms with Gasteiger partial charge in [-0.05, 0) is 63.1 Å². The maximum absolute atomic E-state index is 12.5. The molecule has 34 heavy (non-hydrogen) atoms. The van der Waals surface area contributed by atoms with Gasteiger partial charge in [-0.15, -0.1) is 0 Å². The van der Waals surface area contributed by atoms with E-state index < -0.39 is 11.1 Å². The summed E-state index contributed by atoms with van der Waals surface area (Å²) in [5.41, 5.74) is 2.13. The monoisotopic (exact) mass is 460 g/mol. The van der Waals surface area contributed by atoms with E-state index in [1.54, 1.807) is 12.4 Å². The zero-order valence-corrected chi connectivity index (χ0v) is 20.1. The van der Waals surface area contributed by atoms with E-state index in [9.17, 15) is 9.59 Å². The van der Waals surface area contributed by atoms with E-state index in [2.05, 4.69) is 31.2 Å². The van der Waals surface area contributed by atoms with Crippen molar-refractivity contribution in [2.24, 2.45) is 0 Å². The molecule has 0 unspecified atom stereocenters. The summed E-state index contributed by atoms with van der Waals surface area (Å²) < 4.78 is 0. The minimum atomic E-state index is -0.637. The maximum Gasteiger partial charge on any atom is 0.315 e. The summed E-state index contributed by atoms with van der Waals surface area (Å²) >= 11 is 0. The number of urea groups is 2. The maximum atomic E-state index is 12.5. The zero-order chi connectivity index (χ0) is 24.6. The van der Waals surface area contributed by atoms with Crippen LogP contribution in [0.25, 0.3) is 0 Å². The Labute approximate surface area is 200 Å². The normalized spacial score (nSPS) is 11.4. The summed E-state index contributed by atoms with van der Waals surface area (Å²) in [5, 5.41) is 11.7. The molecular formula is C26H32N6O2. The van der Waals surface area contributed by atoms with E-state index in [-0.39, 0.29) is 12.1 Å². The van der Waals surface area contributed by atoms with Gasteiger partial charge in [0.15, 0.2) is 0 Å². The van der Waals surface area contributed by atoms with Crippen molar-refractivity contribution in [1.29, 1.82) is 0 Å². The Morgan fingerprint density at radius 2 is 1.12 bits per heavy atom. The number of carbonyl (C=O) groups excluding carboxylic acids is 2. The first-order valence-corrected chi connectivity index (χ1v) is 11.2. The molecule has 0 saturated heterocycles. The SMILES string of the molecule is CC(C)(NC(=O)NCc1ccccn1)c1cccc(C(C)(C)NC(=O)NCc2ccccn2)c1. The van der Waals surface area contributed by atoms with E-state index >= 15 is 0 Å². The van der Waals surface area contributed by atoms with Crippen LogP contribution in [0.5, 0.6) is 0 Å². The van der Waals surface area contributed by atoms with Crippen LogP contribution in [0.3, 0.4) is 0 Å². The Bertz CT molecular complexity index is 1020. The van der Waals surface area contributed by atoms with Gasteiger partial charge in [0.2, 0.25) is 0 Å². The minimum absolute atomic E-state index is 0.285. The zero-order valence-electron chi connectivity index (χ0n) is 20.1. The van der Waals surface area contributed by atoms with Crippen molar-refractivity contribution in [3.8, 4) is 0 Å². The van der Waals surface area contributed by atoms with Crippen molar-refractivity contribution in [2.75, 3.05) is 0 Å². The number of carbonyl (C=O) groups is 2. The summed E-state index contributed by atoms with van der Waals surface area (Å²) in [6.45, 7) is 8.43. The Morgan fingerprint density at radius 1 is 0.676 bits per heavy atom.